The van der Waals surface area contributed by atoms with Gasteiger partial charge in [0.15, 0.2) is 0 Å². The van der Waals surface area contributed by atoms with Crippen LogP contribution in [0.25, 0.3) is 0 Å². The SMILES string of the molecule is COc1ccc(F)c(C)c1C1(N)CCCCC1. The zero-order valence-electron chi connectivity index (χ0n) is 10.6. The topological polar surface area (TPSA) is 35.2 Å². The molecule has 0 radical (unpaired) electrons. The van der Waals surface area contributed by atoms with Crippen LogP contribution in [0, 0.1) is 12.7 Å². The molecule has 2 N–H and O–H groups in total. The fourth-order valence-corrected chi connectivity index (χ4v) is 2.88. The first-order valence-corrected chi connectivity index (χ1v) is 6.21. The average molecular weight is 237 g/mol. The number of halogens is 1. The molecule has 0 atom stereocenters. The van der Waals surface area contributed by atoms with Crippen LogP contribution in [0.15, 0.2) is 12.1 Å². The van der Waals surface area contributed by atoms with Gasteiger partial charge in [-0.1, -0.05) is 19.3 Å². The second-order valence-electron chi connectivity index (χ2n) is 4.97. The number of rotatable bonds is 2. The van der Waals surface area contributed by atoms with Crippen LogP contribution in [-0.2, 0) is 5.54 Å². The van der Waals surface area contributed by atoms with E-state index >= 15 is 0 Å². The Hall–Kier alpha value is -1.09. The highest BCUT2D eigenvalue weighted by molar-refractivity contribution is 5.45. The molecule has 2 nitrogen and oxygen atoms in total. The highest BCUT2D eigenvalue weighted by Gasteiger charge is 2.34. The smallest absolute Gasteiger partial charge is 0.126 e. The Morgan fingerprint density at radius 2 is 1.88 bits per heavy atom. The Kier molecular flexibility index (Phi) is 3.38. The highest BCUT2D eigenvalue weighted by atomic mass is 19.1. The van der Waals surface area contributed by atoms with E-state index in [1.807, 2.05) is 0 Å². The molecule has 1 aliphatic rings. The molecule has 1 aliphatic carbocycles. The quantitative estimate of drug-likeness (QED) is 0.856. The van der Waals surface area contributed by atoms with Crippen molar-refractivity contribution >= 4 is 0 Å². The molecule has 17 heavy (non-hydrogen) atoms. The predicted molar refractivity (Wildman–Crippen MR) is 66.6 cm³/mol. The molecule has 0 bridgehead atoms. The summed E-state index contributed by atoms with van der Waals surface area (Å²) in [5, 5.41) is 0. The van der Waals surface area contributed by atoms with Crippen LogP contribution in [0.4, 0.5) is 4.39 Å². The lowest BCUT2D eigenvalue weighted by atomic mass is 9.75. The van der Waals surface area contributed by atoms with Gasteiger partial charge in [0.2, 0.25) is 0 Å². The molecule has 0 amide bonds. The van der Waals surface area contributed by atoms with Gasteiger partial charge in [0.1, 0.15) is 11.6 Å². The van der Waals surface area contributed by atoms with Gasteiger partial charge < -0.3 is 10.5 Å². The van der Waals surface area contributed by atoms with Crippen LogP contribution in [0.1, 0.15) is 43.2 Å². The summed E-state index contributed by atoms with van der Waals surface area (Å²) in [7, 11) is 1.61. The van der Waals surface area contributed by atoms with Crippen molar-refractivity contribution in [1.82, 2.24) is 0 Å². The third-order valence-electron chi connectivity index (χ3n) is 3.82. The Labute approximate surface area is 102 Å². The van der Waals surface area contributed by atoms with E-state index in [0.717, 1.165) is 31.2 Å². The van der Waals surface area contributed by atoms with Crippen molar-refractivity contribution in [3.8, 4) is 5.75 Å². The summed E-state index contributed by atoms with van der Waals surface area (Å²) < 4.78 is 19.1. The molecular weight excluding hydrogens is 217 g/mol. The molecule has 0 heterocycles. The lowest BCUT2D eigenvalue weighted by Crippen LogP contribution is -2.39. The van der Waals surface area contributed by atoms with Gasteiger partial charge >= 0.3 is 0 Å². The Morgan fingerprint density at radius 1 is 1.24 bits per heavy atom. The van der Waals surface area contributed by atoms with E-state index in [2.05, 4.69) is 0 Å². The number of benzene rings is 1. The van der Waals surface area contributed by atoms with Crippen LogP contribution in [0.5, 0.6) is 5.75 Å². The monoisotopic (exact) mass is 237 g/mol. The van der Waals surface area contributed by atoms with Crippen molar-refractivity contribution in [1.29, 1.82) is 0 Å². The van der Waals surface area contributed by atoms with Crippen LogP contribution in [0.3, 0.4) is 0 Å². The third kappa shape index (κ3) is 2.16. The normalized spacial score (nSPS) is 19.1. The van der Waals surface area contributed by atoms with Crippen LogP contribution in [-0.4, -0.2) is 7.11 Å². The first kappa shape index (κ1) is 12.4. The van der Waals surface area contributed by atoms with Crippen molar-refractivity contribution in [3.05, 3.63) is 29.1 Å². The second kappa shape index (κ2) is 4.65. The first-order chi connectivity index (χ1) is 8.08. The molecule has 3 heteroatoms. The van der Waals surface area contributed by atoms with Crippen molar-refractivity contribution in [2.45, 2.75) is 44.6 Å². The molecule has 0 aliphatic heterocycles. The molecule has 0 saturated heterocycles. The lowest BCUT2D eigenvalue weighted by Gasteiger charge is -2.36. The Balaban J connectivity index is 2.51. The summed E-state index contributed by atoms with van der Waals surface area (Å²) in [6.07, 6.45) is 5.25. The van der Waals surface area contributed by atoms with Gasteiger partial charge in [0, 0.05) is 11.1 Å². The zero-order chi connectivity index (χ0) is 12.5. The number of ether oxygens (including phenoxy) is 1. The van der Waals surface area contributed by atoms with E-state index in [4.69, 9.17) is 10.5 Å². The maximum absolute atomic E-state index is 13.7. The van der Waals surface area contributed by atoms with E-state index in [0.29, 0.717) is 11.3 Å². The summed E-state index contributed by atoms with van der Waals surface area (Å²) in [6, 6.07) is 3.13. The maximum Gasteiger partial charge on any atom is 0.126 e. The van der Waals surface area contributed by atoms with Gasteiger partial charge in [-0.15, -0.1) is 0 Å². The number of nitrogens with two attached hydrogens (primary N) is 1. The number of methoxy groups -OCH3 is 1. The number of hydrogen-bond donors (Lipinski definition) is 1. The fourth-order valence-electron chi connectivity index (χ4n) is 2.88. The standard InChI is InChI=1S/C14H20FNO/c1-10-11(15)6-7-12(17-2)13(10)14(16)8-4-3-5-9-14/h6-7H,3-5,8-9,16H2,1-2H3. The summed E-state index contributed by atoms with van der Waals surface area (Å²) in [6.45, 7) is 1.79. The van der Waals surface area contributed by atoms with Crippen LogP contribution >= 0.6 is 0 Å². The summed E-state index contributed by atoms with van der Waals surface area (Å²) >= 11 is 0. The van der Waals surface area contributed by atoms with Gasteiger partial charge in [-0.25, -0.2) is 4.39 Å². The molecular formula is C14H20FNO. The minimum Gasteiger partial charge on any atom is -0.496 e. The summed E-state index contributed by atoms with van der Waals surface area (Å²) in [5.41, 5.74) is 7.55. The van der Waals surface area contributed by atoms with Crippen LogP contribution in [0.2, 0.25) is 0 Å². The first-order valence-electron chi connectivity index (χ1n) is 6.21. The van der Waals surface area contributed by atoms with Crippen molar-refractivity contribution in [2.75, 3.05) is 7.11 Å². The van der Waals surface area contributed by atoms with Gasteiger partial charge in [-0.05, 0) is 37.5 Å². The Bertz CT molecular complexity index is 411. The molecule has 1 aromatic rings. The summed E-state index contributed by atoms with van der Waals surface area (Å²) in [5.74, 6) is 0.518. The van der Waals surface area contributed by atoms with E-state index < -0.39 is 5.54 Å². The third-order valence-corrected chi connectivity index (χ3v) is 3.82. The molecule has 0 unspecified atom stereocenters. The lowest BCUT2D eigenvalue weighted by molar-refractivity contribution is 0.286. The maximum atomic E-state index is 13.7. The van der Waals surface area contributed by atoms with Crippen molar-refractivity contribution in [3.63, 3.8) is 0 Å². The van der Waals surface area contributed by atoms with E-state index in [1.165, 1.54) is 12.5 Å². The van der Waals surface area contributed by atoms with E-state index in [1.54, 1.807) is 20.1 Å². The van der Waals surface area contributed by atoms with Gasteiger partial charge in [0.25, 0.3) is 0 Å². The average Bonchev–Trinajstić information content (AvgIpc) is 2.33. The molecule has 1 saturated carbocycles. The van der Waals surface area contributed by atoms with E-state index in [9.17, 15) is 4.39 Å². The van der Waals surface area contributed by atoms with Crippen molar-refractivity contribution in [2.24, 2.45) is 5.73 Å². The van der Waals surface area contributed by atoms with E-state index in [-0.39, 0.29) is 5.82 Å². The largest absolute Gasteiger partial charge is 0.496 e. The minimum absolute atomic E-state index is 0.198. The predicted octanol–water partition coefficient (Wildman–Crippen LogP) is 3.26. The summed E-state index contributed by atoms with van der Waals surface area (Å²) in [4.78, 5) is 0. The van der Waals surface area contributed by atoms with Gasteiger partial charge in [0.05, 0.1) is 7.11 Å². The fraction of sp³-hybridized carbons (Fsp3) is 0.571. The zero-order valence-corrected chi connectivity index (χ0v) is 10.6. The molecule has 0 aromatic heterocycles. The molecule has 94 valence electrons. The molecule has 2 rings (SSSR count). The Morgan fingerprint density at radius 3 is 2.47 bits per heavy atom. The minimum atomic E-state index is -0.421. The molecule has 0 spiro atoms. The number of hydrogen-bond acceptors (Lipinski definition) is 2. The van der Waals surface area contributed by atoms with Crippen molar-refractivity contribution < 1.29 is 9.13 Å². The van der Waals surface area contributed by atoms with Gasteiger partial charge in [-0.2, -0.15) is 0 Å². The van der Waals surface area contributed by atoms with Gasteiger partial charge in [-0.3, -0.25) is 0 Å². The second-order valence-corrected chi connectivity index (χ2v) is 4.97. The molecule has 1 fully saturated rings. The highest BCUT2D eigenvalue weighted by Crippen LogP contribution is 2.41. The molecule has 1 aromatic carbocycles. The van der Waals surface area contributed by atoms with Crippen LogP contribution < -0.4 is 10.5 Å².